The summed E-state index contributed by atoms with van der Waals surface area (Å²) >= 11 is 1.43. The van der Waals surface area contributed by atoms with E-state index in [0.29, 0.717) is 12.2 Å². The Balaban J connectivity index is 1.73. The minimum atomic E-state index is -0.114. The molecule has 23 heavy (non-hydrogen) atoms. The third-order valence-electron chi connectivity index (χ3n) is 4.03. The largest absolute Gasteiger partial charge is 0.379 e. The first kappa shape index (κ1) is 16.1. The van der Waals surface area contributed by atoms with Crippen LogP contribution >= 0.6 is 11.3 Å². The van der Waals surface area contributed by atoms with Crippen molar-refractivity contribution in [1.29, 1.82) is 0 Å². The maximum atomic E-state index is 12.2. The molecule has 2 heterocycles. The summed E-state index contributed by atoms with van der Waals surface area (Å²) < 4.78 is 5.46. The van der Waals surface area contributed by atoms with Gasteiger partial charge in [-0.25, -0.2) is 4.98 Å². The molecule has 1 amide bonds. The molecule has 0 bridgehead atoms. The molecule has 1 unspecified atom stereocenters. The molecule has 1 saturated heterocycles. The minimum Gasteiger partial charge on any atom is -0.379 e. The highest BCUT2D eigenvalue weighted by Crippen LogP contribution is 2.22. The number of rotatable bonds is 5. The summed E-state index contributed by atoms with van der Waals surface area (Å²) in [6.07, 6.45) is 0. The smallest absolute Gasteiger partial charge is 0.270 e. The Morgan fingerprint density at radius 1 is 1.43 bits per heavy atom. The van der Waals surface area contributed by atoms with E-state index in [0.717, 1.165) is 26.3 Å². The lowest BCUT2D eigenvalue weighted by atomic mass is 10.0. The zero-order chi connectivity index (χ0) is 16.1. The van der Waals surface area contributed by atoms with Crippen LogP contribution in [0.3, 0.4) is 0 Å². The normalized spacial score (nSPS) is 16.9. The van der Waals surface area contributed by atoms with Gasteiger partial charge in [-0.2, -0.15) is 0 Å². The van der Waals surface area contributed by atoms with Gasteiger partial charge in [-0.05, 0) is 12.5 Å². The highest BCUT2D eigenvalue weighted by Gasteiger charge is 2.23. The van der Waals surface area contributed by atoms with E-state index >= 15 is 0 Å². The maximum absolute atomic E-state index is 12.2. The number of ether oxygens (including phenoxy) is 1. The van der Waals surface area contributed by atoms with Crippen molar-refractivity contribution in [2.24, 2.45) is 0 Å². The van der Waals surface area contributed by atoms with Crippen LogP contribution in [0.1, 0.15) is 27.7 Å². The van der Waals surface area contributed by atoms with E-state index in [9.17, 15) is 4.79 Å². The molecule has 3 rings (SSSR count). The van der Waals surface area contributed by atoms with E-state index in [2.05, 4.69) is 46.4 Å². The fourth-order valence-electron chi connectivity index (χ4n) is 2.83. The lowest BCUT2D eigenvalue weighted by molar-refractivity contribution is 0.0162. The number of nitrogens with one attached hydrogen (secondary N) is 1. The molecule has 6 heteroatoms. The third-order valence-corrected chi connectivity index (χ3v) is 4.62. The molecule has 1 aromatic carbocycles. The number of carbonyl (C=O) groups is 1. The van der Waals surface area contributed by atoms with Crippen LogP contribution in [0.2, 0.25) is 0 Å². The van der Waals surface area contributed by atoms with Crippen LogP contribution in [0.4, 0.5) is 0 Å². The maximum Gasteiger partial charge on any atom is 0.270 e. The van der Waals surface area contributed by atoms with Crippen molar-refractivity contribution < 1.29 is 9.53 Å². The van der Waals surface area contributed by atoms with Crippen LogP contribution in [0.15, 0.2) is 35.2 Å². The van der Waals surface area contributed by atoms with Crippen molar-refractivity contribution in [2.45, 2.75) is 13.0 Å². The quantitative estimate of drug-likeness (QED) is 0.913. The predicted molar refractivity (Wildman–Crippen MR) is 90.8 cm³/mol. The third kappa shape index (κ3) is 4.16. The molecule has 1 atom stereocenters. The molecule has 1 aliphatic rings. The average Bonchev–Trinajstić information content (AvgIpc) is 3.10. The lowest BCUT2D eigenvalue weighted by Gasteiger charge is -2.35. The Morgan fingerprint density at radius 2 is 2.26 bits per heavy atom. The molecule has 2 aromatic rings. The van der Waals surface area contributed by atoms with Crippen molar-refractivity contribution in [3.05, 3.63) is 52.0 Å². The summed E-state index contributed by atoms with van der Waals surface area (Å²) in [6.45, 7) is 5.90. The second kappa shape index (κ2) is 7.68. The van der Waals surface area contributed by atoms with Gasteiger partial charge in [-0.3, -0.25) is 9.69 Å². The second-order valence-corrected chi connectivity index (χ2v) is 6.38. The number of hydrogen-bond acceptors (Lipinski definition) is 5. The Hall–Kier alpha value is -1.76. The topological polar surface area (TPSA) is 54.5 Å². The number of aryl methyl sites for hydroxylation is 1. The highest BCUT2D eigenvalue weighted by atomic mass is 32.1. The molecule has 5 nitrogen and oxygen atoms in total. The molecule has 1 fully saturated rings. The zero-order valence-electron chi connectivity index (χ0n) is 13.2. The summed E-state index contributed by atoms with van der Waals surface area (Å²) in [5.41, 5.74) is 4.62. The number of thiazole rings is 1. The molecular weight excluding hydrogens is 310 g/mol. The van der Waals surface area contributed by atoms with Crippen LogP contribution in [0.25, 0.3) is 0 Å². The van der Waals surface area contributed by atoms with Gasteiger partial charge in [0.1, 0.15) is 5.69 Å². The number of carbonyl (C=O) groups excluding carboxylic acids is 1. The van der Waals surface area contributed by atoms with Gasteiger partial charge in [0.25, 0.3) is 5.91 Å². The van der Waals surface area contributed by atoms with Crippen molar-refractivity contribution in [3.63, 3.8) is 0 Å². The number of morpholine rings is 1. The van der Waals surface area contributed by atoms with Gasteiger partial charge >= 0.3 is 0 Å². The van der Waals surface area contributed by atoms with Gasteiger partial charge < -0.3 is 10.1 Å². The number of benzene rings is 1. The fraction of sp³-hybridized carbons (Fsp3) is 0.412. The predicted octanol–water partition coefficient (Wildman–Crippen LogP) is 2.25. The lowest BCUT2D eigenvalue weighted by Crippen LogP contribution is -2.43. The Bertz CT molecular complexity index is 639. The minimum absolute atomic E-state index is 0.114. The molecule has 1 aliphatic heterocycles. The van der Waals surface area contributed by atoms with Crippen molar-refractivity contribution in [2.75, 3.05) is 32.8 Å². The molecule has 122 valence electrons. The number of nitrogens with zero attached hydrogens (tertiary/aromatic N) is 2. The Morgan fingerprint density at radius 3 is 2.96 bits per heavy atom. The molecule has 1 N–H and O–H groups in total. The van der Waals surface area contributed by atoms with E-state index in [-0.39, 0.29) is 11.9 Å². The van der Waals surface area contributed by atoms with Gasteiger partial charge in [0, 0.05) is 25.0 Å². The summed E-state index contributed by atoms with van der Waals surface area (Å²) in [4.78, 5) is 18.6. The van der Waals surface area contributed by atoms with E-state index in [1.165, 1.54) is 22.5 Å². The molecule has 1 aromatic heterocycles. The van der Waals surface area contributed by atoms with E-state index in [1.807, 2.05) is 0 Å². The first-order chi connectivity index (χ1) is 11.2. The summed E-state index contributed by atoms with van der Waals surface area (Å²) in [7, 11) is 0. The van der Waals surface area contributed by atoms with Gasteiger partial charge in [-0.15, -0.1) is 11.3 Å². The van der Waals surface area contributed by atoms with Gasteiger partial charge in [0.05, 0.1) is 24.8 Å². The molecule has 0 spiro atoms. The Labute approximate surface area is 140 Å². The fourth-order valence-corrected chi connectivity index (χ4v) is 3.36. The summed E-state index contributed by atoms with van der Waals surface area (Å²) in [6, 6.07) is 8.63. The molecule has 0 radical (unpaired) electrons. The molecular formula is C17H21N3O2S. The summed E-state index contributed by atoms with van der Waals surface area (Å²) in [5, 5.41) is 4.79. The Kier molecular flexibility index (Phi) is 5.38. The number of amides is 1. The van der Waals surface area contributed by atoms with E-state index < -0.39 is 0 Å². The van der Waals surface area contributed by atoms with Crippen LogP contribution < -0.4 is 5.32 Å². The van der Waals surface area contributed by atoms with Crippen molar-refractivity contribution in [3.8, 4) is 0 Å². The molecule has 0 aliphatic carbocycles. The van der Waals surface area contributed by atoms with Gasteiger partial charge in [0.2, 0.25) is 0 Å². The van der Waals surface area contributed by atoms with E-state index in [4.69, 9.17) is 4.74 Å². The highest BCUT2D eigenvalue weighted by molar-refractivity contribution is 7.07. The first-order valence-electron chi connectivity index (χ1n) is 7.79. The molecule has 0 saturated carbocycles. The van der Waals surface area contributed by atoms with Crippen molar-refractivity contribution in [1.82, 2.24) is 15.2 Å². The zero-order valence-corrected chi connectivity index (χ0v) is 14.0. The monoisotopic (exact) mass is 331 g/mol. The van der Waals surface area contributed by atoms with E-state index in [1.54, 1.807) is 10.9 Å². The SMILES string of the molecule is Cc1cccc(C(CNC(=O)c2cscn2)N2CCOCC2)c1. The second-order valence-electron chi connectivity index (χ2n) is 5.66. The first-order valence-corrected chi connectivity index (χ1v) is 8.73. The van der Waals surface area contributed by atoms with Gasteiger partial charge in [-0.1, -0.05) is 29.8 Å². The standard InChI is InChI=1S/C17H21N3O2S/c1-13-3-2-4-14(9-13)16(20-5-7-22-8-6-20)10-18-17(21)15-11-23-12-19-15/h2-4,9,11-12,16H,5-8,10H2,1H3,(H,18,21). The van der Waals surface area contributed by atoms with Crippen LogP contribution in [0, 0.1) is 6.92 Å². The number of aromatic nitrogens is 1. The van der Waals surface area contributed by atoms with Crippen LogP contribution in [-0.4, -0.2) is 48.6 Å². The summed E-state index contributed by atoms with van der Waals surface area (Å²) in [5.74, 6) is -0.114. The average molecular weight is 331 g/mol. The van der Waals surface area contributed by atoms with Crippen LogP contribution in [0.5, 0.6) is 0 Å². The van der Waals surface area contributed by atoms with Crippen LogP contribution in [-0.2, 0) is 4.74 Å². The van der Waals surface area contributed by atoms with Gasteiger partial charge in [0.15, 0.2) is 0 Å². The number of hydrogen-bond donors (Lipinski definition) is 1. The van der Waals surface area contributed by atoms with Crippen molar-refractivity contribution >= 4 is 17.2 Å².